The molecule has 1 heterocycles. The van der Waals surface area contributed by atoms with Crippen LogP contribution in [0.2, 0.25) is 0 Å². The van der Waals surface area contributed by atoms with E-state index < -0.39 is 78.6 Å². The summed E-state index contributed by atoms with van der Waals surface area (Å²) >= 11 is 0. The van der Waals surface area contributed by atoms with E-state index in [-0.39, 0.29) is 37.3 Å². The minimum Gasteiger partial charge on any atom is -0.403 e. The van der Waals surface area contributed by atoms with E-state index in [1.54, 1.807) is 19.1 Å². The van der Waals surface area contributed by atoms with Gasteiger partial charge in [0, 0.05) is 5.56 Å². The van der Waals surface area contributed by atoms with Gasteiger partial charge in [-0.05, 0) is 137 Å². The van der Waals surface area contributed by atoms with Crippen molar-refractivity contribution in [3.05, 3.63) is 59.7 Å². The molecule has 3 saturated carbocycles. The lowest BCUT2D eigenvalue weighted by Gasteiger charge is -2.64. The van der Waals surface area contributed by atoms with E-state index in [1.807, 2.05) is 12.1 Å². The molecule has 0 aromatic heterocycles. The third-order valence-corrected chi connectivity index (χ3v) is 13.8. The number of aliphatic hydroxyl groups excluding tert-OH is 1. The highest BCUT2D eigenvalue weighted by Gasteiger charge is 2.68. The summed E-state index contributed by atoms with van der Waals surface area (Å²) in [5, 5.41) is 24.2. The van der Waals surface area contributed by atoms with Crippen LogP contribution >= 0.6 is 0 Å². The Morgan fingerprint density at radius 2 is 1.33 bits per heavy atom. The van der Waals surface area contributed by atoms with Crippen molar-refractivity contribution in [2.45, 2.75) is 160 Å². The number of aryl methyl sites for hydroxylation is 1. The van der Waals surface area contributed by atoms with Gasteiger partial charge in [0.05, 0.1) is 17.8 Å². The average Bonchev–Trinajstić information content (AvgIpc) is 3.65. The van der Waals surface area contributed by atoms with Crippen LogP contribution in [-0.4, -0.2) is 103 Å². The molecule has 5 amide bonds. The van der Waals surface area contributed by atoms with E-state index in [0.717, 1.165) is 43.2 Å². The van der Waals surface area contributed by atoms with E-state index in [9.17, 15) is 29.1 Å². The Kier molecular flexibility index (Phi) is 17.9. The second-order valence-corrected chi connectivity index (χ2v) is 18.7. The highest BCUT2D eigenvalue weighted by molar-refractivity contribution is 6.47. The number of rotatable bonds is 24. The van der Waals surface area contributed by atoms with Gasteiger partial charge in [0.1, 0.15) is 30.2 Å². The average molecular weight is 889 g/mol. The highest BCUT2D eigenvalue weighted by atomic mass is 16.7. The van der Waals surface area contributed by atoms with Gasteiger partial charge >= 0.3 is 7.12 Å². The van der Waals surface area contributed by atoms with Gasteiger partial charge in [-0.25, -0.2) is 0 Å². The molecule has 3 aliphatic carbocycles. The second kappa shape index (κ2) is 22.7. The zero-order valence-electron chi connectivity index (χ0n) is 38.6. The molecule has 1 aliphatic heterocycles. The Hall–Kier alpha value is -4.39. The van der Waals surface area contributed by atoms with Crippen molar-refractivity contribution in [1.82, 2.24) is 26.6 Å². The lowest BCUT2D eigenvalue weighted by Crippen LogP contribution is -2.65. The third kappa shape index (κ3) is 12.1. The van der Waals surface area contributed by atoms with Crippen molar-refractivity contribution in [2.75, 3.05) is 13.1 Å². The van der Waals surface area contributed by atoms with Crippen LogP contribution < -0.4 is 43.8 Å². The van der Waals surface area contributed by atoms with Gasteiger partial charge in [0.25, 0.3) is 5.91 Å². The Morgan fingerprint density at radius 1 is 0.750 bits per heavy atom. The smallest absolute Gasteiger partial charge is 0.403 e. The van der Waals surface area contributed by atoms with Crippen molar-refractivity contribution in [3.8, 4) is 11.1 Å². The Bertz CT molecular complexity index is 1900. The molecule has 2 bridgehead atoms. The maximum Gasteiger partial charge on any atom is 0.497 e. The number of nitrogens with two attached hydrogens (primary N) is 3. The molecule has 2 unspecified atom stereocenters. The predicted molar refractivity (Wildman–Crippen MR) is 247 cm³/mol. The first kappa shape index (κ1) is 50.6. The molecular weight excluding hydrogens is 815 g/mol. The molecule has 4 fully saturated rings. The summed E-state index contributed by atoms with van der Waals surface area (Å²) in [5.41, 5.74) is 21.1. The topological polar surface area (TPSA) is 262 Å². The summed E-state index contributed by atoms with van der Waals surface area (Å²) in [6.45, 7) is 12.4. The first-order valence-electron chi connectivity index (χ1n) is 23.4. The fraction of sp³-hybridized carbons (Fsp3) is 0.638. The maximum absolute atomic E-state index is 13.7. The van der Waals surface area contributed by atoms with Gasteiger partial charge in [-0.15, -0.1) is 0 Å². The summed E-state index contributed by atoms with van der Waals surface area (Å²) in [7, 11) is -0.872. The number of carbonyl (C=O) groups is 5. The third-order valence-electron chi connectivity index (χ3n) is 13.8. The van der Waals surface area contributed by atoms with Gasteiger partial charge in [0.15, 0.2) is 0 Å². The molecule has 17 heteroatoms. The molecule has 64 heavy (non-hydrogen) atoms. The van der Waals surface area contributed by atoms with Crippen LogP contribution in [0.1, 0.15) is 122 Å². The quantitative estimate of drug-likeness (QED) is 0.0420. The molecule has 10 atom stereocenters. The maximum atomic E-state index is 13.7. The zero-order chi connectivity index (χ0) is 46.8. The SMILES string of the molecule is CCCCc1ccc(-c2ccc(C(=O)N[C@@H](CCCN)C(=O)N[C@H](C(=O)N[C@@H](CC)C(=O)N[C@@H](CCCCN)C(=O)N[C@@H](N)B3OC4C[C@@H]5C[C@@H](C5(C)C)[C@]4(C)O3)C(C)O)cc2)cc1. The molecule has 6 rings (SSSR count). The second-order valence-electron chi connectivity index (χ2n) is 18.7. The zero-order valence-corrected chi connectivity index (χ0v) is 38.6. The van der Waals surface area contributed by atoms with Crippen LogP contribution in [0.25, 0.3) is 11.1 Å². The van der Waals surface area contributed by atoms with Crippen LogP contribution in [-0.2, 0) is 34.9 Å². The minimum atomic E-state index is -1.49. The lowest BCUT2D eigenvalue weighted by molar-refractivity contribution is -0.199. The Labute approximate surface area is 379 Å². The summed E-state index contributed by atoms with van der Waals surface area (Å²) in [6.07, 6.45) is 5.73. The molecule has 2 aromatic rings. The summed E-state index contributed by atoms with van der Waals surface area (Å²) in [4.78, 5) is 68.3. The molecule has 12 N–H and O–H groups in total. The number of carbonyl (C=O) groups excluding carboxylic acids is 5. The number of hydrogen-bond donors (Lipinski definition) is 9. The van der Waals surface area contributed by atoms with E-state index in [0.29, 0.717) is 43.2 Å². The molecule has 4 aliphatic rings. The van der Waals surface area contributed by atoms with Gasteiger partial charge in [-0.3, -0.25) is 24.0 Å². The molecular formula is C47H73BN8O8. The Morgan fingerprint density at radius 3 is 1.92 bits per heavy atom. The summed E-state index contributed by atoms with van der Waals surface area (Å²) < 4.78 is 12.7. The molecule has 0 radical (unpaired) electrons. The lowest BCUT2D eigenvalue weighted by atomic mass is 9.43. The van der Waals surface area contributed by atoms with E-state index in [1.165, 1.54) is 12.5 Å². The van der Waals surface area contributed by atoms with Crippen molar-refractivity contribution < 1.29 is 38.4 Å². The molecule has 1 saturated heterocycles. The monoisotopic (exact) mass is 889 g/mol. The summed E-state index contributed by atoms with van der Waals surface area (Å²) in [6, 6.07) is 9.63. The van der Waals surface area contributed by atoms with Crippen molar-refractivity contribution in [2.24, 2.45) is 34.5 Å². The van der Waals surface area contributed by atoms with Crippen molar-refractivity contribution in [1.29, 1.82) is 0 Å². The first-order valence-corrected chi connectivity index (χ1v) is 23.4. The number of amides is 5. The first-order chi connectivity index (χ1) is 30.5. The van der Waals surface area contributed by atoms with Gasteiger partial charge in [0.2, 0.25) is 23.6 Å². The van der Waals surface area contributed by atoms with E-state index in [4.69, 9.17) is 26.5 Å². The van der Waals surface area contributed by atoms with Gasteiger partial charge in [-0.2, -0.15) is 0 Å². The minimum absolute atomic E-state index is 0.120. The summed E-state index contributed by atoms with van der Waals surface area (Å²) in [5.74, 6) is -2.39. The number of nitrogens with one attached hydrogen (secondary N) is 5. The number of unbranched alkanes of at least 4 members (excludes halogenated alkanes) is 2. The van der Waals surface area contributed by atoms with Crippen molar-refractivity contribution in [3.63, 3.8) is 0 Å². The normalized spacial score (nSPS) is 23.5. The fourth-order valence-electron chi connectivity index (χ4n) is 9.58. The highest BCUT2D eigenvalue weighted by Crippen LogP contribution is 2.65. The van der Waals surface area contributed by atoms with Crippen LogP contribution in [0, 0.1) is 17.3 Å². The number of benzene rings is 2. The predicted octanol–water partition coefficient (Wildman–Crippen LogP) is 2.58. The van der Waals surface area contributed by atoms with E-state index in [2.05, 4.69) is 78.5 Å². The molecule has 352 valence electrons. The standard InChI is InChI=1S/C47H73BN8O8/c1-7-9-13-29-16-18-30(19-17-29)31-20-22-32(23-21-31)40(58)53-36(15-12-25-50)42(60)55-39(28(3)57)44(62)52-34(8-2)41(59)54-35(14-10-11-24-49)43(61)56-45(51)48-63-38-27-33-26-37(46(33,4)5)47(38,6)64-48/h16-23,28,33-39,45,57H,7-15,24-27,49-51H2,1-6H3,(H,52,62)(H,53,58)(H,54,59)(H,55,60)(H,56,61)/t28?,33-,34-,35-,36-,37-,38?,39-,45+,47-/m0/s1. The van der Waals surface area contributed by atoms with Gasteiger partial charge in [-0.1, -0.05) is 70.5 Å². The van der Waals surface area contributed by atoms with Crippen LogP contribution in [0.4, 0.5) is 0 Å². The molecule has 2 aromatic carbocycles. The Balaban J connectivity index is 1.18. The van der Waals surface area contributed by atoms with Crippen LogP contribution in [0.5, 0.6) is 0 Å². The van der Waals surface area contributed by atoms with E-state index >= 15 is 0 Å². The van der Waals surface area contributed by atoms with Gasteiger partial charge < -0.3 is 58.2 Å². The largest absolute Gasteiger partial charge is 0.497 e. The number of aliphatic hydroxyl groups is 1. The van der Waals surface area contributed by atoms with Crippen LogP contribution in [0.15, 0.2) is 48.5 Å². The van der Waals surface area contributed by atoms with Crippen molar-refractivity contribution >= 4 is 36.7 Å². The molecule has 16 nitrogen and oxygen atoms in total. The number of hydrogen-bond acceptors (Lipinski definition) is 11. The molecule has 0 spiro atoms. The fourth-order valence-corrected chi connectivity index (χ4v) is 9.58. The van der Waals surface area contributed by atoms with Crippen LogP contribution in [0.3, 0.4) is 0 Å².